The van der Waals surface area contributed by atoms with Crippen LogP contribution in [0.15, 0.2) is 0 Å². The van der Waals surface area contributed by atoms with Crippen LogP contribution in [0, 0.1) is 0 Å². The Morgan fingerprint density at radius 1 is 0.733 bits per heavy atom. The zero-order valence-corrected chi connectivity index (χ0v) is 18.1. The predicted octanol–water partition coefficient (Wildman–Crippen LogP) is 6.66. The summed E-state index contributed by atoms with van der Waals surface area (Å²) < 4.78 is 0. The standard InChI is InChI=1S/C9H20Br4Si2/c1-8(2)14(10,11)6-5-7-15(12,13)9(3)4/h8-9H,5-7H2,1-4H3. The molecule has 0 spiro atoms. The lowest BCUT2D eigenvalue weighted by Gasteiger charge is -2.25. The van der Waals surface area contributed by atoms with Gasteiger partial charge in [0.05, 0.1) is 0 Å². The van der Waals surface area contributed by atoms with E-state index in [4.69, 9.17) is 0 Å². The van der Waals surface area contributed by atoms with Crippen molar-refractivity contribution < 1.29 is 0 Å². The fourth-order valence-electron chi connectivity index (χ4n) is 1.14. The molecule has 0 aliphatic rings. The molecule has 0 rings (SSSR count). The maximum Gasteiger partial charge on any atom is 0.203 e. The molecular formula is C9H20Br4Si2. The van der Waals surface area contributed by atoms with Gasteiger partial charge in [-0.15, -0.1) is 61.2 Å². The third kappa shape index (κ3) is 6.74. The molecule has 0 amide bonds. The van der Waals surface area contributed by atoms with Crippen molar-refractivity contribution >= 4 is 71.8 Å². The van der Waals surface area contributed by atoms with Gasteiger partial charge in [-0.05, 0) is 23.2 Å². The Hall–Kier alpha value is 2.35. The first-order valence-electron chi connectivity index (χ1n) is 5.35. The summed E-state index contributed by atoms with van der Waals surface area (Å²) in [5.74, 6) is 0. The minimum atomic E-state index is -1.31. The molecule has 0 unspecified atom stereocenters. The summed E-state index contributed by atoms with van der Waals surface area (Å²) in [7, 11) is 0. The molecule has 0 aromatic carbocycles. The van der Waals surface area contributed by atoms with Crippen molar-refractivity contribution in [2.75, 3.05) is 0 Å². The molecule has 0 fully saturated rings. The molecule has 15 heavy (non-hydrogen) atoms. The van der Waals surface area contributed by atoms with Crippen LogP contribution < -0.4 is 0 Å². The highest BCUT2D eigenvalue weighted by atomic mass is 79.9. The maximum atomic E-state index is 3.89. The number of halogens is 4. The first kappa shape index (κ1) is 17.4. The molecule has 0 aliphatic carbocycles. The maximum absolute atomic E-state index is 3.89. The Bertz CT molecular complexity index is 173. The molecule has 0 aliphatic heterocycles. The second-order valence-corrected chi connectivity index (χ2v) is 34.4. The molecule has 0 saturated carbocycles. The number of hydrogen-bond donors (Lipinski definition) is 0. The van der Waals surface area contributed by atoms with E-state index in [0.717, 1.165) is 11.1 Å². The third-order valence-electron chi connectivity index (χ3n) is 2.71. The van der Waals surface area contributed by atoms with Crippen LogP contribution in [0.5, 0.6) is 0 Å². The average molecular weight is 504 g/mol. The smallest absolute Gasteiger partial charge is 0.111 e. The molecule has 0 nitrogen and oxygen atoms in total. The Balaban J connectivity index is 4.00. The van der Waals surface area contributed by atoms with E-state index in [-0.39, 0.29) is 0 Å². The van der Waals surface area contributed by atoms with E-state index in [1.165, 1.54) is 18.5 Å². The lowest BCUT2D eigenvalue weighted by atomic mass is 10.5. The van der Waals surface area contributed by atoms with Crippen LogP contribution in [0.4, 0.5) is 0 Å². The highest BCUT2D eigenvalue weighted by Gasteiger charge is 2.34. The van der Waals surface area contributed by atoms with Crippen LogP contribution in [0.2, 0.25) is 23.2 Å². The molecule has 0 atom stereocenters. The molecule has 0 radical (unpaired) electrons. The van der Waals surface area contributed by atoms with Gasteiger partial charge in [-0.2, -0.15) is 0 Å². The van der Waals surface area contributed by atoms with Crippen LogP contribution >= 0.6 is 61.2 Å². The molecule has 6 heteroatoms. The minimum absolute atomic E-state index is 0.748. The summed E-state index contributed by atoms with van der Waals surface area (Å²) in [6.07, 6.45) is 1.31. The van der Waals surface area contributed by atoms with Crippen LogP contribution in [-0.2, 0) is 0 Å². The first-order valence-corrected chi connectivity index (χ1v) is 18.9. The van der Waals surface area contributed by atoms with Crippen molar-refractivity contribution in [1.82, 2.24) is 0 Å². The highest BCUT2D eigenvalue weighted by Crippen LogP contribution is 2.42. The van der Waals surface area contributed by atoms with Gasteiger partial charge in [-0.3, -0.25) is 0 Å². The number of hydrogen-bond acceptors (Lipinski definition) is 0. The summed E-state index contributed by atoms with van der Waals surface area (Å²) in [5.41, 5.74) is 1.50. The Morgan fingerprint density at radius 2 is 1.00 bits per heavy atom. The van der Waals surface area contributed by atoms with E-state index >= 15 is 0 Å². The lowest BCUT2D eigenvalue weighted by Crippen LogP contribution is -2.25. The summed E-state index contributed by atoms with van der Waals surface area (Å²) in [6, 6.07) is 2.62. The normalized spacial score (nSPS) is 14.0. The second-order valence-electron chi connectivity index (χ2n) is 4.69. The summed E-state index contributed by atoms with van der Waals surface area (Å²) in [5, 5.41) is -2.62. The Kier molecular flexibility index (Phi) is 8.18. The van der Waals surface area contributed by atoms with E-state index in [2.05, 4.69) is 88.9 Å². The Morgan fingerprint density at radius 3 is 1.20 bits per heavy atom. The van der Waals surface area contributed by atoms with Crippen molar-refractivity contribution in [2.45, 2.75) is 57.3 Å². The molecular weight excluding hydrogens is 484 g/mol. The van der Waals surface area contributed by atoms with E-state index in [9.17, 15) is 0 Å². The molecule has 92 valence electrons. The van der Waals surface area contributed by atoms with E-state index in [0.29, 0.717) is 0 Å². The van der Waals surface area contributed by atoms with Crippen molar-refractivity contribution in [2.24, 2.45) is 0 Å². The van der Waals surface area contributed by atoms with Gasteiger partial charge in [-0.25, -0.2) is 0 Å². The molecule has 0 aromatic heterocycles. The van der Waals surface area contributed by atoms with Crippen LogP contribution in [0.3, 0.4) is 0 Å². The van der Waals surface area contributed by atoms with Crippen LogP contribution in [-0.4, -0.2) is 10.6 Å². The summed E-state index contributed by atoms with van der Waals surface area (Å²) >= 11 is 15.6. The van der Waals surface area contributed by atoms with E-state index < -0.39 is 10.6 Å². The van der Waals surface area contributed by atoms with Crippen LogP contribution in [0.1, 0.15) is 34.1 Å². The zero-order chi connectivity index (χ0) is 12.3. The van der Waals surface area contributed by atoms with Gasteiger partial charge in [0.25, 0.3) is 0 Å². The average Bonchev–Trinajstić information content (AvgIpc) is 2.02. The largest absolute Gasteiger partial charge is 0.203 e. The SMILES string of the molecule is CC(C)[Si](Br)(Br)CCC[Si](Br)(Br)C(C)C. The first-order chi connectivity index (χ1) is 6.59. The predicted molar refractivity (Wildman–Crippen MR) is 91.6 cm³/mol. The van der Waals surface area contributed by atoms with Crippen molar-refractivity contribution in [3.63, 3.8) is 0 Å². The summed E-state index contributed by atoms with van der Waals surface area (Å²) in [4.78, 5) is 0. The van der Waals surface area contributed by atoms with E-state index in [1.54, 1.807) is 0 Å². The van der Waals surface area contributed by atoms with Gasteiger partial charge >= 0.3 is 0 Å². The van der Waals surface area contributed by atoms with Gasteiger partial charge in [-0.1, -0.05) is 34.1 Å². The van der Waals surface area contributed by atoms with Gasteiger partial charge in [0, 0.05) is 0 Å². The quantitative estimate of drug-likeness (QED) is 0.281. The molecule has 0 saturated heterocycles. The fraction of sp³-hybridized carbons (Fsp3) is 1.00. The van der Waals surface area contributed by atoms with Gasteiger partial charge < -0.3 is 0 Å². The molecule has 0 aromatic rings. The van der Waals surface area contributed by atoms with Gasteiger partial charge in [0.15, 0.2) is 0 Å². The van der Waals surface area contributed by atoms with Gasteiger partial charge in [0.2, 0.25) is 10.6 Å². The summed E-state index contributed by atoms with van der Waals surface area (Å²) in [6.45, 7) is 9.19. The number of rotatable bonds is 6. The van der Waals surface area contributed by atoms with E-state index in [1.807, 2.05) is 0 Å². The van der Waals surface area contributed by atoms with Crippen molar-refractivity contribution in [3.05, 3.63) is 0 Å². The van der Waals surface area contributed by atoms with Crippen molar-refractivity contribution in [1.29, 1.82) is 0 Å². The molecule has 0 N–H and O–H groups in total. The highest BCUT2D eigenvalue weighted by molar-refractivity contribution is 9.51. The topological polar surface area (TPSA) is 0 Å². The zero-order valence-electron chi connectivity index (χ0n) is 9.79. The van der Waals surface area contributed by atoms with Crippen molar-refractivity contribution in [3.8, 4) is 0 Å². The Labute approximate surface area is 128 Å². The minimum Gasteiger partial charge on any atom is -0.111 e. The second kappa shape index (κ2) is 7.07. The lowest BCUT2D eigenvalue weighted by molar-refractivity contribution is 0.959. The van der Waals surface area contributed by atoms with Gasteiger partial charge in [0.1, 0.15) is 0 Å². The molecule has 0 heterocycles. The monoisotopic (exact) mass is 500 g/mol. The molecule has 0 bridgehead atoms. The fourth-order valence-corrected chi connectivity index (χ4v) is 7.31. The third-order valence-corrected chi connectivity index (χ3v) is 23.9. The van der Waals surface area contributed by atoms with Crippen LogP contribution in [0.25, 0.3) is 0 Å².